The van der Waals surface area contributed by atoms with E-state index in [1.807, 2.05) is 60.7 Å². The zero-order valence-electron chi connectivity index (χ0n) is 33.0. The molecule has 0 aliphatic heterocycles. The lowest BCUT2D eigenvalue weighted by Gasteiger charge is -2.44. The molecule has 0 heterocycles. The van der Waals surface area contributed by atoms with Gasteiger partial charge in [-0.15, -0.1) is 0 Å². The van der Waals surface area contributed by atoms with Crippen LogP contribution < -0.4 is 21.9 Å². The fraction of sp³-hybridized carbons (Fsp3) is 0.125. The maximum absolute atomic E-state index is 13.8. The highest BCUT2D eigenvalue weighted by atomic mass is 32.2. The van der Waals surface area contributed by atoms with E-state index in [4.69, 9.17) is 0 Å². The van der Waals surface area contributed by atoms with E-state index in [1.165, 1.54) is 5.56 Å². The highest BCUT2D eigenvalue weighted by molar-refractivity contribution is 8.02. The molecule has 0 bridgehead atoms. The summed E-state index contributed by atoms with van der Waals surface area (Å²) in [5.41, 5.74) is -1.98. The Morgan fingerprint density at radius 3 is 0.857 bits per heavy atom. The van der Waals surface area contributed by atoms with Crippen LogP contribution in [0.4, 0.5) is 52.7 Å². The monoisotopic (exact) mass is 898 g/mol. The maximum atomic E-state index is 13.8. The van der Waals surface area contributed by atoms with Crippen molar-refractivity contribution < 1.29 is 56.9 Å². The fourth-order valence-corrected chi connectivity index (χ4v) is 9.96. The second-order valence-electron chi connectivity index (χ2n) is 14.8. The average Bonchev–Trinajstić information content (AvgIpc) is 3.25. The Kier molecular flexibility index (Phi) is 13.2. The zero-order chi connectivity index (χ0) is 45.8. The molecule has 0 fully saturated rings. The molecular weight excluding hydrogens is 863 g/mol. The summed E-state index contributed by atoms with van der Waals surface area (Å²) in [6.45, 7) is 2.06. The summed E-state index contributed by atoms with van der Waals surface area (Å²) >= 11 is 0. The summed E-state index contributed by atoms with van der Waals surface area (Å²) in [6.07, 6.45) is -22.0. The van der Waals surface area contributed by atoms with Gasteiger partial charge in [0.1, 0.15) is 11.9 Å². The van der Waals surface area contributed by atoms with E-state index in [0.29, 0.717) is 54.3 Å². The first-order valence-corrected chi connectivity index (χ1v) is 20.8. The standard InChI is InChI=1S/C28H16BF12.C20H19OS/c30-25(31,32)17-1-9-21(10-2-17)29(22-11-3-18(4-12-22)26(33,34)35,23-13-5-19(6-14-23)27(36,37)38)24-15-7-20(8-16-24)28(39,40)41;1-17-12-14-18(15-13-17)16-22(21,19-8-4-2-5-9-19)20-10-6-3-7-11-20/h1-16H;2-15H,16H2,1H3/q-1;+1. The van der Waals surface area contributed by atoms with Crippen LogP contribution in [0.15, 0.2) is 192 Å². The van der Waals surface area contributed by atoms with Crippen LogP contribution in [0.25, 0.3) is 0 Å². The van der Waals surface area contributed by atoms with Gasteiger partial charge in [0.25, 0.3) is 0 Å². The van der Waals surface area contributed by atoms with Gasteiger partial charge >= 0.3 is 24.7 Å². The van der Waals surface area contributed by atoms with E-state index < -0.39 is 63.0 Å². The molecule has 0 amide bonds. The quantitative estimate of drug-likeness (QED) is 0.0844. The number of alkyl halides is 12. The van der Waals surface area contributed by atoms with Crippen LogP contribution >= 0.6 is 0 Å². The minimum Gasteiger partial charge on any atom is -0.195 e. The molecule has 0 saturated carbocycles. The molecule has 0 aliphatic rings. The Morgan fingerprint density at radius 2 is 0.619 bits per heavy atom. The minimum atomic E-state index is -4.77. The third-order valence-electron chi connectivity index (χ3n) is 10.7. The van der Waals surface area contributed by atoms with Crippen LogP contribution in [0, 0.1) is 6.92 Å². The lowest BCUT2D eigenvalue weighted by Crippen LogP contribution is -2.74. The van der Waals surface area contributed by atoms with Crippen molar-refractivity contribution in [3.05, 3.63) is 215 Å². The van der Waals surface area contributed by atoms with Crippen LogP contribution in [0.3, 0.4) is 0 Å². The molecule has 0 N–H and O–H groups in total. The fourth-order valence-electron chi connectivity index (χ4n) is 7.50. The molecule has 63 heavy (non-hydrogen) atoms. The van der Waals surface area contributed by atoms with Crippen LogP contribution in [0.2, 0.25) is 0 Å². The molecule has 0 radical (unpaired) electrons. The third kappa shape index (κ3) is 10.4. The number of hydrogen-bond donors (Lipinski definition) is 0. The second kappa shape index (κ2) is 18.0. The van der Waals surface area contributed by atoms with Crippen LogP contribution in [0.1, 0.15) is 33.4 Å². The molecule has 7 aromatic rings. The lowest BCUT2D eigenvalue weighted by atomic mass is 9.13. The largest absolute Gasteiger partial charge is 0.416 e. The molecule has 1 nitrogen and oxygen atoms in total. The first-order valence-electron chi connectivity index (χ1n) is 19.1. The van der Waals surface area contributed by atoms with E-state index in [0.717, 1.165) is 63.9 Å². The molecule has 7 aromatic carbocycles. The van der Waals surface area contributed by atoms with Gasteiger partial charge in [0.15, 0.2) is 19.7 Å². The van der Waals surface area contributed by atoms with Gasteiger partial charge in [-0.05, 0) is 31.2 Å². The van der Waals surface area contributed by atoms with Gasteiger partial charge in [0.2, 0.25) is 0 Å². The molecule has 7 rings (SSSR count). The van der Waals surface area contributed by atoms with Crippen molar-refractivity contribution in [1.82, 2.24) is 0 Å². The first kappa shape index (κ1) is 46.4. The van der Waals surface area contributed by atoms with E-state index >= 15 is 0 Å². The highest BCUT2D eigenvalue weighted by Crippen LogP contribution is 2.34. The number of hydrogen-bond acceptors (Lipinski definition) is 1. The summed E-state index contributed by atoms with van der Waals surface area (Å²) in [7, 11) is -2.31. The van der Waals surface area contributed by atoms with Gasteiger partial charge in [-0.2, -0.15) is 74.5 Å². The van der Waals surface area contributed by atoms with Crippen LogP contribution in [0.5, 0.6) is 0 Å². The van der Waals surface area contributed by atoms with E-state index in [-0.39, 0.29) is 21.9 Å². The normalized spacial score (nSPS) is 12.7. The Bertz CT molecular complexity index is 2340. The Hall–Kier alpha value is -6.09. The van der Waals surface area contributed by atoms with Crippen LogP contribution in [-0.2, 0) is 44.6 Å². The molecular formula is C48H35BF12OS. The first-order chi connectivity index (χ1) is 29.5. The van der Waals surface area contributed by atoms with Gasteiger partial charge < -0.3 is 0 Å². The molecule has 0 atom stereocenters. The van der Waals surface area contributed by atoms with Crippen molar-refractivity contribution in [3.63, 3.8) is 0 Å². The van der Waals surface area contributed by atoms with Crippen molar-refractivity contribution in [2.24, 2.45) is 0 Å². The second-order valence-corrected chi connectivity index (χ2v) is 17.4. The summed E-state index contributed by atoms with van der Waals surface area (Å²) in [5, 5.41) is 0. The van der Waals surface area contributed by atoms with Gasteiger partial charge in [0.05, 0.1) is 22.3 Å². The van der Waals surface area contributed by atoms with Crippen molar-refractivity contribution in [1.29, 1.82) is 0 Å². The van der Waals surface area contributed by atoms with Crippen molar-refractivity contribution in [3.8, 4) is 0 Å². The highest BCUT2D eigenvalue weighted by Gasteiger charge is 2.39. The summed E-state index contributed by atoms with van der Waals surface area (Å²) in [6, 6.07) is 41.4. The average molecular weight is 899 g/mol. The smallest absolute Gasteiger partial charge is 0.195 e. The predicted octanol–water partition coefficient (Wildman–Crippen LogP) is 12.3. The van der Waals surface area contributed by atoms with Gasteiger partial charge in [-0.3, -0.25) is 0 Å². The molecule has 0 saturated heterocycles. The Labute approximate surface area is 356 Å². The number of halogens is 12. The minimum absolute atomic E-state index is 0.0114. The topological polar surface area (TPSA) is 17.1 Å². The zero-order valence-corrected chi connectivity index (χ0v) is 33.8. The molecule has 0 aliphatic carbocycles. The van der Waals surface area contributed by atoms with E-state index in [2.05, 4.69) is 31.2 Å². The van der Waals surface area contributed by atoms with Gasteiger partial charge in [-0.25, -0.2) is 0 Å². The summed E-state index contributed by atoms with van der Waals surface area (Å²) in [5.74, 6) is 0.529. The van der Waals surface area contributed by atoms with Gasteiger partial charge in [0, 0.05) is 5.56 Å². The van der Waals surface area contributed by atoms with E-state index in [1.54, 1.807) is 0 Å². The SMILES string of the molecule is Cc1ccc(C[S+](=O)(c2ccccc2)c2ccccc2)cc1.FC(F)(F)c1ccc([B-](c2ccc(C(F)(F)F)cc2)(c2ccc(C(F)(F)F)cc2)c2ccc(C(F)(F)F)cc2)cc1. The Balaban J connectivity index is 0.000000251. The molecule has 0 aromatic heterocycles. The summed E-state index contributed by atoms with van der Waals surface area (Å²) < 4.78 is 174. The van der Waals surface area contributed by atoms with Crippen molar-refractivity contribution in [2.75, 3.05) is 0 Å². The molecule has 0 unspecified atom stereocenters. The molecule has 0 spiro atoms. The number of benzene rings is 7. The Morgan fingerprint density at radius 1 is 0.365 bits per heavy atom. The molecule has 326 valence electrons. The van der Waals surface area contributed by atoms with E-state index in [9.17, 15) is 56.9 Å². The number of aryl methyl sites for hydroxylation is 1. The lowest BCUT2D eigenvalue weighted by molar-refractivity contribution is -0.138. The van der Waals surface area contributed by atoms with Gasteiger partial charge in [-0.1, -0.05) is 167 Å². The summed E-state index contributed by atoms with van der Waals surface area (Å²) in [4.78, 5) is 1.78. The van der Waals surface area contributed by atoms with Crippen LogP contribution in [-0.4, -0.2) is 6.15 Å². The number of rotatable bonds is 8. The molecule has 15 heteroatoms. The maximum Gasteiger partial charge on any atom is 0.416 e. The predicted molar refractivity (Wildman–Crippen MR) is 222 cm³/mol. The van der Waals surface area contributed by atoms with Crippen molar-refractivity contribution >= 4 is 37.9 Å². The third-order valence-corrected chi connectivity index (χ3v) is 13.5. The van der Waals surface area contributed by atoms with Crippen molar-refractivity contribution in [2.45, 2.75) is 47.2 Å².